The number of nitrogens with one attached hydrogen (secondary N) is 1. The van der Waals surface area contributed by atoms with E-state index in [9.17, 15) is 13.6 Å². The normalized spacial score (nSPS) is 16.4. The minimum Gasteiger partial charge on any atom is -0.381 e. The van der Waals surface area contributed by atoms with E-state index in [1.807, 2.05) is 6.07 Å². The average molecular weight is 366 g/mol. The number of amides is 1. The van der Waals surface area contributed by atoms with Gasteiger partial charge in [0.25, 0.3) is 5.91 Å². The van der Waals surface area contributed by atoms with Crippen molar-refractivity contribution < 1.29 is 18.3 Å². The number of rotatable bonds is 4. The molecule has 0 aromatic heterocycles. The van der Waals surface area contributed by atoms with Crippen LogP contribution < -0.4 is 5.32 Å². The molecule has 1 aliphatic rings. The van der Waals surface area contributed by atoms with E-state index in [4.69, 9.17) is 16.3 Å². The molecular weight excluding hydrogens is 348 g/mol. The molecular formula is C19H18ClF2NO2. The molecule has 0 spiro atoms. The Morgan fingerprint density at radius 1 is 1.12 bits per heavy atom. The number of benzene rings is 2. The lowest BCUT2D eigenvalue weighted by Gasteiger charge is -2.38. The number of halogens is 3. The summed E-state index contributed by atoms with van der Waals surface area (Å²) in [7, 11) is 0. The van der Waals surface area contributed by atoms with Crippen LogP contribution in [0.1, 0.15) is 28.8 Å². The third-order valence-corrected chi connectivity index (χ3v) is 4.96. The Hall–Kier alpha value is -1.98. The van der Waals surface area contributed by atoms with E-state index in [-0.39, 0.29) is 22.3 Å². The molecule has 0 bridgehead atoms. The van der Waals surface area contributed by atoms with Crippen molar-refractivity contribution in [3.05, 3.63) is 70.2 Å². The highest BCUT2D eigenvalue weighted by Crippen LogP contribution is 2.34. The van der Waals surface area contributed by atoms with Crippen molar-refractivity contribution in [1.82, 2.24) is 5.32 Å². The average Bonchev–Trinajstić information content (AvgIpc) is 2.60. The molecule has 1 saturated heterocycles. The zero-order chi connectivity index (χ0) is 17.9. The van der Waals surface area contributed by atoms with Gasteiger partial charge < -0.3 is 10.1 Å². The van der Waals surface area contributed by atoms with E-state index >= 15 is 0 Å². The zero-order valence-corrected chi connectivity index (χ0v) is 14.3. The first kappa shape index (κ1) is 17.8. The second-order valence-electron chi connectivity index (χ2n) is 6.21. The highest BCUT2D eigenvalue weighted by Gasteiger charge is 2.35. The fraction of sp³-hybridized carbons (Fsp3) is 0.316. The number of ether oxygens (including phenoxy) is 1. The zero-order valence-electron chi connectivity index (χ0n) is 13.5. The topological polar surface area (TPSA) is 38.3 Å². The maximum absolute atomic E-state index is 13.7. The molecule has 1 heterocycles. The van der Waals surface area contributed by atoms with Gasteiger partial charge in [-0.1, -0.05) is 23.7 Å². The summed E-state index contributed by atoms with van der Waals surface area (Å²) < 4.78 is 32.2. The minimum atomic E-state index is -0.498. The van der Waals surface area contributed by atoms with Gasteiger partial charge in [0.05, 0.1) is 10.6 Å². The van der Waals surface area contributed by atoms with Crippen molar-refractivity contribution >= 4 is 17.5 Å². The molecule has 2 aromatic rings. The first-order chi connectivity index (χ1) is 12.0. The molecule has 3 rings (SSSR count). The van der Waals surface area contributed by atoms with E-state index in [0.717, 1.165) is 11.6 Å². The minimum absolute atomic E-state index is 0.0595. The SMILES string of the molecule is O=C(NCC1(c2cccc(F)c2)CCOCC1)c1ccc(F)cc1Cl. The fourth-order valence-electron chi connectivity index (χ4n) is 3.17. The monoisotopic (exact) mass is 365 g/mol. The second-order valence-corrected chi connectivity index (χ2v) is 6.62. The second kappa shape index (κ2) is 7.50. The smallest absolute Gasteiger partial charge is 0.252 e. The number of hydrogen-bond donors (Lipinski definition) is 1. The van der Waals surface area contributed by atoms with Gasteiger partial charge in [-0.15, -0.1) is 0 Å². The highest BCUT2D eigenvalue weighted by atomic mass is 35.5. The van der Waals surface area contributed by atoms with Crippen molar-refractivity contribution in [3.8, 4) is 0 Å². The summed E-state index contributed by atoms with van der Waals surface area (Å²) in [5, 5.41) is 2.92. The summed E-state index contributed by atoms with van der Waals surface area (Å²) in [6.45, 7) is 1.42. The van der Waals surface area contributed by atoms with Gasteiger partial charge in [-0.2, -0.15) is 0 Å². The number of carbonyl (C=O) groups excluding carboxylic acids is 1. The first-order valence-electron chi connectivity index (χ1n) is 8.07. The molecule has 1 amide bonds. The van der Waals surface area contributed by atoms with Crippen LogP contribution in [-0.4, -0.2) is 25.7 Å². The molecule has 1 fully saturated rings. The standard InChI is InChI=1S/C19H18ClF2NO2/c20-17-11-15(22)4-5-16(17)18(24)23-12-19(6-8-25-9-7-19)13-2-1-3-14(21)10-13/h1-5,10-11H,6-9,12H2,(H,23,24). The van der Waals surface area contributed by atoms with Crippen LogP contribution >= 0.6 is 11.6 Å². The molecule has 0 saturated carbocycles. The van der Waals surface area contributed by atoms with Crippen LogP contribution in [0.15, 0.2) is 42.5 Å². The van der Waals surface area contributed by atoms with Crippen LogP contribution in [0, 0.1) is 11.6 Å². The van der Waals surface area contributed by atoms with Gasteiger partial charge in [0, 0.05) is 25.2 Å². The maximum atomic E-state index is 13.7. The van der Waals surface area contributed by atoms with Gasteiger partial charge >= 0.3 is 0 Å². The predicted molar refractivity (Wildman–Crippen MR) is 91.9 cm³/mol. The van der Waals surface area contributed by atoms with Crippen LogP contribution in [0.3, 0.4) is 0 Å². The van der Waals surface area contributed by atoms with Gasteiger partial charge in [-0.3, -0.25) is 4.79 Å². The molecule has 0 aliphatic carbocycles. The molecule has 6 heteroatoms. The van der Waals surface area contributed by atoms with Gasteiger partial charge in [0.2, 0.25) is 0 Å². The van der Waals surface area contributed by atoms with E-state index in [0.29, 0.717) is 32.6 Å². The summed E-state index contributed by atoms with van der Waals surface area (Å²) >= 11 is 5.95. The van der Waals surface area contributed by atoms with Crippen molar-refractivity contribution in [3.63, 3.8) is 0 Å². The van der Waals surface area contributed by atoms with Crippen LogP contribution in [0.5, 0.6) is 0 Å². The van der Waals surface area contributed by atoms with Crippen LogP contribution in [0.4, 0.5) is 8.78 Å². The molecule has 1 N–H and O–H groups in total. The third kappa shape index (κ3) is 3.99. The molecule has 2 aromatic carbocycles. The van der Waals surface area contributed by atoms with Gasteiger partial charge in [-0.25, -0.2) is 8.78 Å². The first-order valence-corrected chi connectivity index (χ1v) is 8.45. The molecule has 132 valence electrons. The third-order valence-electron chi connectivity index (χ3n) is 4.65. The molecule has 25 heavy (non-hydrogen) atoms. The van der Waals surface area contributed by atoms with Gasteiger partial charge in [0.1, 0.15) is 11.6 Å². The Kier molecular flexibility index (Phi) is 5.35. The Morgan fingerprint density at radius 3 is 2.52 bits per heavy atom. The van der Waals surface area contributed by atoms with Gasteiger partial charge in [0.15, 0.2) is 0 Å². The summed E-state index contributed by atoms with van der Waals surface area (Å²) in [6.07, 6.45) is 1.35. The van der Waals surface area contributed by atoms with Crippen LogP contribution in [-0.2, 0) is 10.2 Å². The van der Waals surface area contributed by atoms with E-state index < -0.39 is 11.2 Å². The van der Waals surface area contributed by atoms with Crippen LogP contribution in [0.25, 0.3) is 0 Å². The lowest BCUT2D eigenvalue weighted by atomic mass is 9.74. The maximum Gasteiger partial charge on any atom is 0.252 e. The summed E-state index contributed by atoms with van der Waals surface area (Å²) in [4.78, 5) is 12.4. The fourth-order valence-corrected chi connectivity index (χ4v) is 3.42. The summed E-state index contributed by atoms with van der Waals surface area (Å²) in [5.41, 5.74) is 0.647. The summed E-state index contributed by atoms with van der Waals surface area (Å²) in [6, 6.07) is 10.1. The summed E-state index contributed by atoms with van der Waals surface area (Å²) in [5.74, 6) is -1.19. The number of carbonyl (C=O) groups is 1. The molecule has 0 atom stereocenters. The lowest BCUT2D eigenvalue weighted by molar-refractivity contribution is 0.0486. The Morgan fingerprint density at radius 2 is 1.84 bits per heavy atom. The molecule has 0 radical (unpaired) electrons. The van der Waals surface area contributed by atoms with E-state index in [1.54, 1.807) is 6.07 Å². The van der Waals surface area contributed by atoms with Gasteiger partial charge in [-0.05, 0) is 48.7 Å². The van der Waals surface area contributed by atoms with Crippen molar-refractivity contribution in [2.75, 3.05) is 19.8 Å². The Balaban J connectivity index is 1.80. The van der Waals surface area contributed by atoms with Crippen LogP contribution in [0.2, 0.25) is 5.02 Å². The Bertz CT molecular complexity index is 776. The predicted octanol–water partition coefficient (Wildman–Crippen LogP) is 4.10. The quantitative estimate of drug-likeness (QED) is 0.886. The lowest BCUT2D eigenvalue weighted by Crippen LogP contribution is -2.44. The molecule has 3 nitrogen and oxygen atoms in total. The van der Waals surface area contributed by atoms with Crippen molar-refractivity contribution in [2.24, 2.45) is 0 Å². The highest BCUT2D eigenvalue weighted by molar-refractivity contribution is 6.33. The van der Waals surface area contributed by atoms with Crippen molar-refractivity contribution in [2.45, 2.75) is 18.3 Å². The molecule has 0 unspecified atom stereocenters. The van der Waals surface area contributed by atoms with Crippen molar-refractivity contribution in [1.29, 1.82) is 0 Å². The Labute approximate surface area is 149 Å². The van der Waals surface area contributed by atoms with E-state index in [2.05, 4.69) is 5.32 Å². The molecule has 1 aliphatic heterocycles. The number of hydrogen-bond acceptors (Lipinski definition) is 2. The van der Waals surface area contributed by atoms with E-state index in [1.165, 1.54) is 24.3 Å². The largest absolute Gasteiger partial charge is 0.381 e.